The second-order valence-corrected chi connectivity index (χ2v) is 3.36. The van der Waals surface area contributed by atoms with Crippen LogP contribution in [0.15, 0.2) is 10.7 Å². The zero-order chi connectivity index (χ0) is 9.90. The van der Waals surface area contributed by atoms with Gasteiger partial charge in [-0.2, -0.15) is 0 Å². The molecule has 13 heavy (non-hydrogen) atoms. The van der Waals surface area contributed by atoms with Crippen molar-refractivity contribution in [2.45, 2.75) is 27.2 Å². The van der Waals surface area contributed by atoms with E-state index in [2.05, 4.69) is 14.9 Å². The summed E-state index contributed by atoms with van der Waals surface area (Å²) in [7, 11) is 0. The number of nitrogens with zero attached hydrogens (tertiary/aromatic N) is 2. The van der Waals surface area contributed by atoms with Crippen LogP contribution < -0.4 is 4.74 Å². The fourth-order valence-electron chi connectivity index (χ4n) is 0.577. The highest BCUT2D eigenvalue weighted by Gasteiger charge is 2.28. The van der Waals surface area contributed by atoms with E-state index in [-0.39, 0.29) is 11.9 Å². The number of rotatable bonds is 3. The molecule has 72 valence electrons. The summed E-state index contributed by atoms with van der Waals surface area (Å²) in [4.78, 5) is 11.4. The molecule has 0 aromatic carbocycles. The lowest BCUT2D eigenvalue weighted by molar-refractivity contribution is -0.145. The Labute approximate surface area is 76.0 Å². The Hall–Kier alpha value is -1.39. The summed E-state index contributed by atoms with van der Waals surface area (Å²) >= 11 is 0. The molecule has 0 fully saturated rings. The molecule has 5 heteroatoms. The van der Waals surface area contributed by atoms with E-state index in [0.29, 0.717) is 6.42 Å². The Kier molecular flexibility index (Phi) is 2.65. The van der Waals surface area contributed by atoms with Crippen LogP contribution in [0.25, 0.3) is 0 Å². The zero-order valence-electron chi connectivity index (χ0n) is 7.90. The van der Waals surface area contributed by atoms with E-state index < -0.39 is 5.41 Å². The lowest BCUT2D eigenvalue weighted by Crippen LogP contribution is -2.28. The van der Waals surface area contributed by atoms with Crippen molar-refractivity contribution in [3.63, 3.8) is 0 Å². The van der Waals surface area contributed by atoms with Gasteiger partial charge in [-0.15, -0.1) is 5.10 Å². The first-order valence-electron chi connectivity index (χ1n) is 4.06. The van der Waals surface area contributed by atoms with Crippen LogP contribution in [0.3, 0.4) is 0 Å². The van der Waals surface area contributed by atoms with E-state index in [0.717, 1.165) is 0 Å². The van der Waals surface area contributed by atoms with Crippen LogP contribution in [-0.4, -0.2) is 16.3 Å². The van der Waals surface area contributed by atoms with Crippen molar-refractivity contribution in [3.8, 4) is 5.95 Å². The van der Waals surface area contributed by atoms with Crippen LogP contribution in [0.2, 0.25) is 0 Å². The minimum Gasteiger partial charge on any atom is -0.390 e. The first kappa shape index (κ1) is 9.70. The third-order valence-corrected chi connectivity index (χ3v) is 1.97. The quantitative estimate of drug-likeness (QED) is 0.664. The summed E-state index contributed by atoms with van der Waals surface area (Å²) in [5.41, 5.74) is -0.507. The van der Waals surface area contributed by atoms with E-state index in [1.165, 1.54) is 6.20 Å². The number of hydrogen-bond donors (Lipinski definition) is 0. The fourth-order valence-corrected chi connectivity index (χ4v) is 0.577. The molecule has 0 atom stereocenters. The molecule has 0 unspecified atom stereocenters. The Morgan fingerprint density at radius 1 is 1.69 bits per heavy atom. The number of carbonyl (C=O) groups is 1. The topological polar surface area (TPSA) is 65.2 Å². The van der Waals surface area contributed by atoms with E-state index in [4.69, 9.17) is 4.74 Å². The maximum Gasteiger partial charge on any atom is 0.339 e. The summed E-state index contributed by atoms with van der Waals surface area (Å²) in [6.07, 6.45) is 1.96. The van der Waals surface area contributed by atoms with Gasteiger partial charge in [-0.3, -0.25) is 9.32 Å². The molecule has 1 heterocycles. The van der Waals surface area contributed by atoms with Gasteiger partial charge < -0.3 is 4.74 Å². The van der Waals surface area contributed by atoms with Crippen molar-refractivity contribution in [3.05, 3.63) is 6.20 Å². The third kappa shape index (κ3) is 2.27. The van der Waals surface area contributed by atoms with Crippen LogP contribution in [0, 0.1) is 5.41 Å². The monoisotopic (exact) mass is 184 g/mol. The molecule has 0 N–H and O–H groups in total. The van der Waals surface area contributed by atoms with E-state index >= 15 is 0 Å². The van der Waals surface area contributed by atoms with Gasteiger partial charge in [0.15, 0.2) is 0 Å². The first-order valence-corrected chi connectivity index (χ1v) is 4.06. The number of carbonyl (C=O) groups excluding carboxylic acids is 1. The molecule has 0 aliphatic carbocycles. The predicted molar refractivity (Wildman–Crippen MR) is 44.0 cm³/mol. The predicted octanol–water partition coefficient (Wildman–Crippen LogP) is 1.41. The van der Waals surface area contributed by atoms with Crippen LogP contribution >= 0.6 is 0 Å². The second-order valence-electron chi connectivity index (χ2n) is 3.36. The molecule has 0 spiro atoms. The lowest BCUT2D eigenvalue weighted by atomic mass is 9.91. The van der Waals surface area contributed by atoms with Crippen LogP contribution in [0.5, 0.6) is 5.95 Å². The third-order valence-electron chi connectivity index (χ3n) is 1.97. The molecule has 1 rings (SSSR count). The van der Waals surface area contributed by atoms with Gasteiger partial charge in [0.25, 0.3) is 0 Å². The average molecular weight is 184 g/mol. The molecule has 0 bridgehead atoms. The largest absolute Gasteiger partial charge is 0.390 e. The van der Waals surface area contributed by atoms with E-state index in [1.54, 1.807) is 13.8 Å². The van der Waals surface area contributed by atoms with Gasteiger partial charge in [-0.05, 0) is 20.3 Å². The van der Waals surface area contributed by atoms with E-state index in [1.807, 2.05) is 6.92 Å². The highest BCUT2D eigenvalue weighted by Crippen LogP contribution is 2.22. The average Bonchev–Trinajstić information content (AvgIpc) is 2.57. The number of esters is 1. The van der Waals surface area contributed by atoms with Gasteiger partial charge in [0.2, 0.25) is 0 Å². The summed E-state index contributed by atoms with van der Waals surface area (Å²) < 4.78 is 9.42. The molecular weight excluding hydrogens is 172 g/mol. The number of hydrogen-bond acceptors (Lipinski definition) is 5. The molecular formula is C8H12N2O3. The van der Waals surface area contributed by atoms with Gasteiger partial charge in [-0.25, -0.2) is 0 Å². The highest BCUT2D eigenvalue weighted by molar-refractivity contribution is 5.77. The highest BCUT2D eigenvalue weighted by atomic mass is 16.7. The maximum absolute atomic E-state index is 11.4. The number of ether oxygens (including phenoxy) is 1. The van der Waals surface area contributed by atoms with Crippen molar-refractivity contribution >= 4 is 5.97 Å². The van der Waals surface area contributed by atoms with Gasteiger partial charge in [0.1, 0.15) is 6.20 Å². The summed E-state index contributed by atoms with van der Waals surface area (Å²) in [6.45, 7) is 5.53. The van der Waals surface area contributed by atoms with Gasteiger partial charge >= 0.3 is 11.9 Å². The van der Waals surface area contributed by atoms with E-state index in [9.17, 15) is 4.79 Å². The summed E-state index contributed by atoms with van der Waals surface area (Å²) in [5, 5.41) is 6.57. The minimum atomic E-state index is -0.507. The van der Waals surface area contributed by atoms with Gasteiger partial charge in [0, 0.05) is 5.27 Å². The van der Waals surface area contributed by atoms with Crippen molar-refractivity contribution in [2.24, 2.45) is 5.41 Å². The second kappa shape index (κ2) is 3.55. The number of aromatic nitrogens is 2. The van der Waals surface area contributed by atoms with Crippen molar-refractivity contribution in [1.82, 2.24) is 10.4 Å². The van der Waals surface area contributed by atoms with Gasteiger partial charge in [-0.1, -0.05) is 6.92 Å². The SMILES string of the molecule is CCC(C)(C)C(=O)Oc1cnno1. The van der Waals surface area contributed by atoms with Crippen molar-refractivity contribution < 1.29 is 14.1 Å². The Morgan fingerprint density at radius 2 is 2.38 bits per heavy atom. The molecule has 0 saturated carbocycles. The fraction of sp³-hybridized carbons (Fsp3) is 0.625. The standard InChI is InChI=1S/C8H12N2O3/c1-4-8(2,3)7(11)12-6-5-9-10-13-6/h5H,4H2,1-3H3. The Morgan fingerprint density at radius 3 is 2.85 bits per heavy atom. The van der Waals surface area contributed by atoms with Crippen LogP contribution in [-0.2, 0) is 4.79 Å². The minimum absolute atomic E-state index is 0.0338. The molecule has 0 radical (unpaired) electrons. The lowest BCUT2D eigenvalue weighted by Gasteiger charge is -2.18. The first-order chi connectivity index (χ1) is 6.06. The van der Waals surface area contributed by atoms with Crippen molar-refractivity contribution in [1.29, 1.82) is 0 Å². The molecule has 0 saturated heterocycles. The molecule has 0 aliphatic rings. The molecule has 0 amide bonds. The smallest absolute Gasteiger partial charge is 0.339 e. The molecule has 0 aliphatic heterocycles. The van der Waals surface area contributed by atoms with Gasteiger partial charge in [0.05, 0.1) is 5.41 Å². The molecule has 5 nitrogen and oxygen atoms in total. The maximum atomic E-state index is 11.4. The zero-order valence-corrected chi connectivity index (χ0v) is 7.90. The summed E-state index contributed by atoms with van der Waals surface area (Å²) in [6, 6.07) is 0. The Bertz CT molecular complexity index is 280. The molecule has 1 aromatic rings. The van der Waals surface area contributed by atoms with Crippen LogP contribution in [0.1, 0.15) is 27.2 Å². The van der Waals surface area contributed by atoms with Crippen molar-refractivity contribution in [2.75, 3.05) is 0 Å². The van der Waals surface area contributed by atoms with Crippen LogP contribution in [0.4, 0.5) is 0 Å². The summed E-state index contributed by atoms with van der Waals surface area (Å²) in [5.74, 6) is -0.305. The Balaban J connectivity index is 2.61. The molecule has 1 aromatic heterocycles. The normalized spacial score (nSPS) is 11.3.